The average molecular weight is 430 g/mol. The lowest BCUT2D eigenvalue weighted by Gasteiger charge is -2.26. The van der Waals surface area contributed by atoms with Crippen LogP contribution in [0.2, 0.25) is 0 Å². The first-order chi connectivity index (χ1) is 15.2. The van der Waals surface area contributed by atoms with Gasteiger partial charge in [-0.25, -0.2) is 0 Å². The monoisotopic (exact) mass is 429 g/mol. The fraction of sp³-hybridized carbons (Fsp3) is 0.240. The highest BCUT2D eigenvalue weighted by atomic mass is 32.1. The minimum absolute atomic E-state index is 0.0516. The molecule has 3 N–H and O–H groups in total. The smallest absolute Gasteiger partial charge is 0.256 e. The van der Waals surface area contributed by atoms with Gasteiger partial charge in [0, 0.05) is 35.6 Å². The zero-order valence-electron chi connectivity index (χ0n) is 17.4. The Labute approximate surface area is 185 Å². The number of hydrogen-bond donors (Lipinski definition) is 3. The second-order valence-corrected chi connectivity index (χ2v) is 9.71. The summed E-state index contributed by atoms with van der Waals surface area (Å²) in [7, 11) is 2.22. The van der Waals surface area contributed by atoms with E-state index in [0.717, 1.165) is 42.2 Å². The summed E-state index contributed by atoms with van der Waals surface area (Å²) in [6, 6.07) is 18.9. The number of thiophene rings is 1. The van der Waals surface area contributed by atoms with E-state index in [1.807, 2.05) is 6.07 Å². The predicted molar refractivity (Wildman–Crippen MR) is 125 cm³/mol. The van der Waals surface area contributed by atoms with E-state index in [-0.39, 0.29) is 12.1 Å². The number of carbonyl (C=O) groups is 1. The van der Waals surface area contributed by atoms with Crippen LogP contribution >= 0.6 is 11.3 Å². The van der Waals surface area contributed by atoms with Crippen molar-refractivity contribution in [1.29, 1.82) is 0 Å². The highest BCUT2D eigenvalue weighted by Crippen LogP contribution is 2.40. The SMILES string of the molecule is C[NH+]1CCc2c(sc3c2C(=O)N[C@H](c2cn(Cc4ccccc4)c4ccccc24)N3)C1. The number of amides is 1. The third kappa shape index (κ3) is 3.14. The van der Waals surface area contributed by atoms with Gasteiger partial charge in [-0.2, -0.15) is 0 Å². The number of fused-ring (bicyclic) bond motifs is 4. The first-order valence-corrected chi connectivity index (χ1v) is 11.6. The van der Waals surface area contributed by atoms with E-state index < -0.39 is 0 Å². The van der Waals surface area contributed by atoms with Crippen LogP contribution in [0.4, 0.5) is 5.00 Å². The molecule has 31 heavy (non-hydrogen) atoms. The first kappa shape index (κ1) is 18.7. The van der Waals surface area contributed by atoms with Crippen LogP contribution < -0.4 is 15.5 Å². The maximum absolute atomic E-state index is 13.2. The van der Waals surface area contributed by atoms with Crippen molar-refractivity contribution >= 4 is 33.1 Å². The molecular weight excluding hydrogens is 404 g/mol. The van der Waals surface area contributed by atoms with E-state index in [4.69, 9.17) is 0 Å². The highest BCUT2D eigenvalue weighted by molar-refractivity contribution is 7.16. The average Bonchev–Trinajstić information content (AvgIpc) is 3.32. The van der Waals surface area contributed by atoms with Gasteiger partial charge in [-0.05, 0) is 17.2 Å². The third-order valence-electron chi connectivity index (χ3n) is 6.46. The molecule has 2 aromatic carbocycles. The van der Waals surface area contributed by atoms with Gasteiger partial charge in [0.05, 0.1) is 24.0 Å². The standard InChI is InChI=1S/C25H24N4OS/c1-28-12-11-18-21(15-28)31-25-22(18)24(30)26-23(27-25)19-14-29(13-16-7-3-2-4-8-16)20-10-6-5-9-17(19)20/h2-10,14,23,27H,11-13,15H2,1H3,(H,26,30)/p+1/t23-/m0/s1. The van der Waals surface area contributed by atoms with Crippen LogP contribution in [0.3, 0.4) is 0 Å². The van der Waals surface area contributed by atoms with Gasteiger partial charge in [0.1, 0.15) is 17.7 Å². The molecule has 6 rings (SSSR count). The van der Waals surface area contributed by atoms with Gasteiger partial charge >= 0.3 is 0 Å². The molecule has 0 aliphatic carbocycles. The summed E-state index contributed by atoms with van der Waals surface area (Å²) in [6.07, 6.45) is 2.93. The lowest BCUT2D eigenvalue weighted by atomic mass is 10.0. The maximum Gasteiger partial charge on any atom is 0.256 e. The number of nitrogens with zero attached hydrogens (tertiary/aromatic N) is 1. The molecule has 2 aliphatic heterocycles. The van der Waals surface area contributed by atoms with Crippen LogP contribution in [0.1, 0.15) is 38.1 Å². The quantitative estimate of drug-likeness (QED) is 0.469. The van der Waals surface area contributed by atoms with Crippen LogP contribution in [-0.2, 0) is 19.5 Å². The van der Waals surface area contributed by atoms with Crippen molar-refractivity contribution in [2.75, 3.05) is 18.9 Å². The van der Waals surface area contributed by atoms with Gasteiger partial charge in [0.25, 0.3) is 5.91 Å². The van der Waals surface area contributed by atoms with Crippen LogP contribution in [0, 0.1) is 0 Å². The Morgan fingerprint density at radius 1 is 1.10 bits per heavy atom. The number of benzene rings is 2. The molecule has 0 radical (unpaired) electrons. The second kappa shape index (κ2) is 7.25. The van der Waals surface area contributed by atoms with E-state index in [9.17, 15) is 4.79 Å². The van der Waals surface area contributed by atoms with Crippen molar-refractivity contribution in [1.82, 2.24) is 9.88 Å². The molecule has 2 aromatic heterocycles. The Balaban J connectivity index is 1.39. The number of quaternary nitrogens is 1. The minimum atomic E-state index is -0.230. The van der Waals surface area contributed by atoms with Crippen molar-refractivity contribution in [3.63, 3.8) is 0 Å². The van der Waals surface area contributed by atoms with Gasteiger partial charge in [-0.1, -0.05) is 48.5 Å². The van der Waals surface area contributed by atoms with Gasteiger partial charge in [-0.15, -0.1) is 11.3 Å². The number of likely N-dealkylation sites (N-methyl/N-ethyl adjacent to an activating group) is 1. The zero-order chi connectivity index (χ0) is 20.9. The van der Waals surface area contributed by atoms with Crippen molar-refractivity contribution in [2.24, 2.45) is 0 Å². The van der Waals surface area contributed by atoms with Crippen molar-refractivity contribution in [3.05, 3.63) is 87.9 Å². The fourth-order valence-corrected chi connectivity index (χ4v) is 6.29. The van der Waals surface area contributed by atoms with Gasteiger partial charge in [0.2, 0.25) is 0 Å². The summed E-state index contributed by atoms with van der Waals surface area (Å²) in [4.78, 5) is 16.0. The molecule has 0 saturated carbocycles. The lowest BCUT2D eigenvalue weighted by Crippen LogP contribution is -3.08. The summed E-state index contributed by atoms with van der Waals surface area (Å²) < 4.78 is 2.28. The number of nitrogens with one attached hydrogen (secondary N) is 3. The summed E-state index contributed by atoms with van der Waals surface area (Å²) in [6.45, 7) is 2.89. The van der Waals surface area contributed by atoms with Gasteiger partial charge in [0.15, 0.2) is 0 Å². The number of hydrogen-bond acceptors (Lipinski definition) is 3. The van der Waals surface area contributed by atoms with E-state index >= 15 is 0 Å². The van der Waals surface area contributed by atoms with E-state index in [2.05, 4.69) is 77.0 Å². The Kier molecular flexibility index (Phi) is 4.37. The Hall–Kier alpha value is -3.09. The normalized spacial score (nSPS) is 20.1. The van der Waals surface area contributed by atoms with Crippen molar-refractivity contribution < 1.29 is 9.69 Å². The van der Waals surface area contributed by atoms with Crippen LogP contribution in [0.5, 0.6) is 0 Å². The van der Waals surface area contributed by atoms with E-state index in [1.54, 1.807) is 11.3 Å². The van der Waals surface area contributed by atoms with Crippen LogP contribution in [0.15, 0.2) is 60.8 Å². The summed E-state index contributed by atoms with van der Waals surface area (Å²) >= 11 is 1.76. The topological polar surface area (TPSA) is 50.5 Å². The van der Waals surface area contributed by atoms with E-state index in [0.29, 0.717) is 0 Å². The van der Waals surface area contributed by atoms with Gasteiger partial charge in [-0.3, -0.25) is 4.79 Å². The number of para-hydroxylation sites is 1. The maximum atomic E-state index is 13.2. The van der Waals surface area contributed by atoms with Crippen LogP contribution in [-0.4, -0.2) is 24.1 Å². The second-order valence-electron chi connectivity index (χ2n) is 8.61. The molecule has 1 amide bonds. The van der Waals surface area contributed by atoms with Gasteiger partial charge < -0.3 is 20.1 Å². The number of anilines is 1. The summed E-state index contributed by atoms with van der Waals surface area (Å²) in [5, 5.41) is 9.08. The fourth-order valence-electron chi connectivity index (χ4n) is 4.90. The number of rotatable bonds is 3. The van der Waals surface area contributed by atoms with Crippen LogP contribution in [0.25, 0.3) is 10.9 Å². The molecule has 5 nitrogen and oxygen atoms in total. The molecule has 1 unspecified atom stereocenters. The molecule has 4 heterocycles. The molecule has 4 aromatic rings. The molecule has 2 atom stereocenters. The zero-order valence-corrected chi connectivity index (χ0v) is 18.3. The highest BCUT2D eigenvalue weighted by Gasteiger charge is 2.34. The number of aromatic nitrogens is 1. The van der Waals surface area contributed by atoms with Crippen molar-refractivity contribution in [3.8, 4) is 0 Å². The largest absolute Gasteiger partial charge is 0.353 e. The molecular formula is C25H25N4OS+. The minimum Gasteiger partial charge on any atom is -0.353 e. The van der Waals surface area contributed by atoms with E-state index in [1.165, 1.54) is 31.8 Å². The number of carbonyl (C=O) groups excluding carboxylic acids is 1. The Bertz CT molecular complexity index is 1290. The Morgan fingerprint density at radius 2 is 1.90 bits per heavy atom. The third-order valence-corrected chi connectivity index (χ3v) is 7.62. The molecule has 156 valence electrons. The lowest BCUT2D eigenvalue weighted by molar-refractivity contribution is -0.895. The predicted octanol–water partition coefficient (Wildman–Crippen LogP) is 3.18. The molecule has 2 aliphatic rings. The summed E-state index contributed by atoms with van der Waals surface area (Å²) in [5.41, 5.74) is 5.67. The molecule has 0 fully saturated rings. The Morgan fingerprint density at radius 3 is 2.77 bits per heavy atom. The molecule has 0 spiro atoms. The van der Waals surface area contributed by atoms with Crippen molar-refractivity contribution in [2.45, 2.75) is 25.7 Å². The molecule has 6 heteroatoms. The first-order valence-electron chi connectivity index (χ1n) is 10.8. The molecule has 0 saturated heterocycles. The summed E-state index contributed by atoms with van der Waals surface area (Å²) in [5.74, 6) is 0.0516. The molecule has 0 bridgehead atoms.